The van der Waals surface area contributed by atoms with E-state index in [2.05, 4.69) is 10.3 Å². The number of aromatic nitrogens is 1. The standard InChI is InChI=1S/C19H22ClN3O2/c20-16-3-4-17(19-15(16)2-1-7-22-19)25-12-18(24)23-8-5-13-10-21-11-14(13)6-9-23/h1-4,7,13-14,21H,5-6,8-12H2/t13-,14+. The number of hydrogen-bond acceptors (Lipinski definition) is 4. The first-order valence-corrected chi connectivity index (χ1v) is 9.24. The molecule has 2 aliphatic rings. The number of nitrogens with zero attached hydrogens (tertiary/aromatic N) is 2. The predicted octanol–water partition coefficient (Wildman–Crippen LogP) is 2.73. The summed E-state index contributed by atoms with van der Waals surface area (Å²) in [7, 11) is 0. The maximum absolute atomic E-state index is 12.6. The predicted molar refractivity (Wildman–Crippen MR) is 97.9 cm³/mol. The topological polar surface area (TPSA) is 54.5 Å². The first-order chi connectivity index (χ1) is 12.2. The minimum absolute atomic E-state index is 0.0425. The molecule has 0 aliphatic carbocycles. The second-order valence-corrected chi connectivity index (χ2v) is 7.28. The van der Waals surface area contributed by atoms with Crippen molar-refractivity contribution >= 4 is 28.4 Å². The molecule has 1 aromatic heterocycles. The van der Waals surface area contributed by atoms with Gasteiger partial charge in [0, 0.05) is 24.7 Å². The van der Waals surface area contributed by atoms with E-state index >= 15 is 0 Å². The van der Waals surface area contributed by atoms with Crippen LogP contribution in [-0.2, 0) is 4.79 Å². The molecule has 1 amide bonds. The van der Waals surface area contributed by atoms with Crippen molar-refractivity contribution in [1.82, 2.24) is 15.2 Å². The largest absolute Gasteiger partial charge is 0.481 e. The van der Waals surface area contributed by atoms with Crippen LogP contribution in [0.1, 0.15) is 12.8 Å². The second-order valence-electron chi connectivity index (χ2n) is 6.87. The number of rotatable bonds is 3. The molecule has 1 aromatic carbocycles. The van der Waals surface area contributed by atoms with E-state index < -0.39 is 0 Å². The lowest BCUT2D eigenvalue weighted by Crippen LogP contribution is -2.36. The van der Waals surface area contributed by atoms with Crippen molar-refractivity contribution < 1.29 is 9.53 Å². The number of pyridine rings is 1. The van der Waals surface area contributed by atoms with Crippen LogP contribution in [0.25, 0.3) is 10.9 Å². The van der Waals surface area contributed by atoms with Crippen molar-refractivity contribution in [3.05, 3.63) is 35.5 Å². The van der Waals surface area contributed by atoms with Gasteiger partial charge in [-0.25, -0.2) is 0 Å². The average molecular weight is 360 g/mol. The van der Waals surface area contributed by atoms with Crippen LogP contribution in [0.3, 0.4) is 0 Å². The Morgan fingerprint density at radius 2 is 2.00 bits per heavy atom. The van der Waals surface area contributed by atoms with E-state index in [1.807, 2.05) is 17.0 Å². The minimum atomic E-state index is 0.0425. The number of fused-ring (bicyclic) bond motifs is 2. The summed E-state index contributed by atoms with van der Waals surface area (Å²) < 4.78 is 5.80. The third-order valence-corrected chi connectivity index (χ3v) is 5.73. The molecule has 2 saturated heterocycles. The summed E-state index contributed by atoms with van der Waals surface area (Å²) in [6, 6.07) is 7.31. The Bertz CT molecular complexity index is 768. The molecule has 0 radical (unpaired) electrons. The summed E-state index contributed by atoms with van der Waals surface area (Å²) in [5.41, 5.74) is 0.694. The second kappa shape index (κ2) is 7.18. The molecular formula is C19H22ClN3O2. The molecule has 0 saturated carbocycles. The van der Waals surface area contributed by atoms with Crippen molar-refractivity contribution in [2.45, 2.75) is 12.8 Å². The SMILES string of the molecule is O=C(COc1ccc(Cl)c2cccnc12)N1CC[C@@H]2CNC[C@@H]2CC1. The number of hydrogen-bond donors (Lipinski definition) is 1. The third kappa shape index (κ3) is 3.44. The highest BCUT2D eigenvalue weighted by molar-refractivity contribution is 6.35. The molecule has 4 rings (SSSR count). The molecule has 2 aliphatic heterocycles. The molecule has 25 heavy (non-hydrogen) atoms. The van der Waals surface area contributed by atoms with Crippen LogP contribution in [0.5, 0.6) is 5.75 Å². The molecule has 0 unspecified atom stereocenters. The van der Waals surface area contributed by atoms with E-state index in [1.54, 1.807) is 18.3 Å². The van der Waals surface area contributed by atoms with Gasteiger partial charge in [-0.3, -0.25) is 9.78 Å². The van der Waals surface area contributed by atoms with Crippen LogP contribution in [0.15, 0.2) is 30.5 Å². The molecule has 6 heteroatoms. The summed E-state index contributed by atoms with van der Waals surface area (Å²) in [5.74, 6) is 2.07. The first-order valence-electron chi connectivity index (χ1n) is 8.87. The van der Waals surface area contributed by atoms with Crippen LogP contribution in [0.4, 0.5) is 0 Å². The summed E-state index contributed by atoms with van der Waals surface area (Å²) in [4.78, 5) is 18.9. The zero-order valence-electron chi connectivity index (χ0n) is 14.1. The lowest BCUT2D eigenvalue weighted by atomic mass is 9.92. The molecule has 0 bridgehead atoms. The van der Waals surface area contributed by atoms with Gasteiger partial charge in [-0.05, 0) is 62.0 Å². The van der Waals surface area contributed by atoms with Crippen LogP contribution in [-0.4, -0.2) is 48.6 Å². The van der Waals surface area contributed by atoms with Crippen molar-refractivity contribution in [3.8, 4) is 5.75 Å². The van der Waals surface area contributed by atoms with Gasteiger partial charge in [-0.1, -0.05) is 11.6 Å². The monoisotopic (exact) mass is 359 g/mol. The van der Waals surface area contributed by atoms with Gasteiger partial charge in [0.25, 0.3) is 5.91 Å². The van der Waals surface area contributed by atoms with Gasteiger partial charge < -0.3 is 15.0 Å². The lowest BCUT2D eigenvalue weighted by molar-refractivity contribution is -0.133. The Morgan fingerprint density at radius 1 is 1.24 bits per heavy atom. The highest BCUT2D eigenvalue weighted by Crippen LogP contribution is 2.30. The van der Waals surface area contributed by atoms with E-state index in [9.17, 15) is 4.79 Å². The number of benzene rings is 1. The molecule has 3 heterocycles. The van der Waals surface area contributed by atoms with Gasteiger partial charge in [-0.15, -0.1) is 0 Å². The third-order valence-electron chi connectivity index (χ3n) is 5.40. The summed E-state index contributed by atoms with van der Waals surface area (Å²) in [6.45, 7) is 3.87. The normalized spacial score (nSPS) is 23.3. The van der Waals surface area contributed by atoms with E-state index in [0.29, 0.717) is 28.1 Å². The molecule has 2 atom stereocenters. The van der Waals surface area contributed by atoms with Gasteiger partial charge in [-0.2, -0.15) is 0 Å². The number of carbonyl (C=O) groups is 1. The maximum atomic E-state index is 12.6. The average Bonchev–Trinajstić information content (AvgIpc) is 2.99. The Morgan fingerprint density at radius 3 is 2.76 bits per heavy atom. The Labute approximate surface area is 152 Å². The van der Waals surface area contributed by atoms with Crippen LogP contribution in [0, 0.1) is 11.8 Å². The number of likely N-dealkylation sites (tertiary alicyclic amines) is 1. The molecule has 132 valence electrons. The van der Waals surface area contributed by atoms with Gasteiger partial charge in [0.1, 0.15) is 11.3 Å². The maximum Gasteiger partial charge on any atom is 0.260 e. The van der Waals surface area contributed by atoms with Crippen molar-refractivity contribution in [3.63, 3.8) is 0 Å². The molecule has 0 spiro atoms. The number of carbonyl (C=O) groups excluding carboxylic acids is 1. The zero-order valence-corrected chi connectivity index (χ0v) is 14.8. The molecule has 2 fully saturated rings. The summed E-state index contributed by atoms with van der Waals surface area (Å²) in [5, 5.41) is 4.93. The number of ether oxygens (including phenoxy) is 1. The number of halogens is 1. The van der Waals surface area contributed by atoms with Gasteiger partial charge in [0.2, 0.25) is 0 Å². The minimum Gasteiger partial charge on any atom is -0.481 e. The quantitative estimate of drug-likeness (QED) is 0.915. The Balaban J connectivity index is 1.41. The fraction of sp³-hybridized carbons (Fsp3) is 0.474. The van der Waals surface area contributed by atoms with Gasteiger partial charge in [0.05, 0.1) is 5.02 Å². The Hall–Kier alpha value is -1.85. The van der Waals surface area contributed by atoms with Crippen LogP contribution >= 0.6 is 11.6 Å². The van der Waals surface area contributed by atoms with Crippen LogP contribution in [0.2, 0.25) is 5.02 Å². The van der Waals surface area contributed by atoms with Gasteiger partial charge >= 0.3 is 0 Å². The van der Waals surface area contributed by atoms with Crippen LogP contribution < -0.4 is 10.1 Å². The first kappa shape index (κ1) is 16.6. The van der Waals surface area contributed by atoms with E-state index in [0.717, 1.165) is 44.4 Å². The molecule has 1 N–H and O–H groups in total. The number of nitrogens with one attached hydrogen (secondary N) is 1. The molecular weight excluding hydrogens is 338 g/mol. The fourth-order valence-electron chi connectivity index (χ4n) is 3.93. The zero-order chi connectivity index (χ0) is 17.2. The van der Waals surface area contributed by atoms with E-state index in [-0.39, 0.29) is 12.5 Å². The van der Waals surface area contributed by atoms with E-state index in [4.69, 9.17) is 16.3 Å². The molecule has 2 aromatic rings. The van der Waals surface area contributed by atoms with E-state index in [1.165, 1.54) is 0 Å². The fourth-order valence-corrected chi connectivity index (χ4v) is 4.14. The summed E-state index contributed by atoms with van der Waals surface area (Å²) >= 11 is 6.20. The Kier molecular flexibility index (Phi) is 4.77. The number of amides is 1. The highest BCUT2D eigenvalue weighted by Gasteiger charge is 2.31. The van der Waals surface area contributed by atoms with Crippen molar-refractivity contribution in [1.29, 1.82) is 0 Å². The van der Waals surface area contributed by atoms with Crippen molar-refractivity contribution in [2.75, 3.05) is 32.8 Å². The van der Waals surface area contributed by atoms with Gasteiger partial charge in [0.15, 0.2) is 6.61 Å². The smallest absolute Gasteiger partial charge is 0.260 e. The lowest BCUT2D eigenvalue weighted by Gasteiger charge is -2.21. The summed E-state index contributed by atoms with van der Waals surface area (Å²) in [6.07, 6.45) is 3.86. The highest BCUT2D eigenvalue weighted by atomic mass is 35.5. The van der Waals surface area contributed by atoms with Crippen molar-refractivity contribution in [2.24, 2.45) is 11.8 Å². The molecule has 5 nitrogen and oxygen atoms in total.